The van der Waals surface area contributed by atoms with Crippen LogP contribution in [0.25, 0.3) is 0 Å². The van der Waals surface area contributed by atoms with Crippen LogP contribution in [0.1, 0.15) is 12.0 Å². The van der Waals surface area contributed by atoms with E-state index in [0.717, 1.165) is 24.9 Å². The Morgan fingerprint density at radius 2 is 1.94 bits per heavy atom. The predicted octanol–water partition coefficient (Wildman–Crippen LogP) is 2.18. The van der Waals surface area contributed by atoms with Gasteiger partial charge in [0.15, 0.2) is 0 Å². The fourth-order valence-electron chi connectivity index (χ4n) is 2.32. The Balaban J connectivity index is 1.76. The average Bonchev–Trinajstić information content (AvgIpc) is 2.36. The molecule has 0 unspecified atom stereocenters. The number of hydrogen-bond acceptors (Lipinski definition) is 3. The molecule has 1 heterocycles. The van der Waals surface area contributed by atoms with Gasteiger partial charge in [-0.05, 0) is 72.8 Å². The van der Waals surface area contributed by atoms with E-state index < -0.39 is 0 Å². The van der Waals surface area contributed by atoms with Gasteiger partial charge in [-0.15, -0.1) is 0 Å². The van der Waals surface area contributed by atoms with Crippen molar-refractivity contribution < 1.29 is 5.11 Å². The highest BCUT2D eigenvalue weighted by Gasteiger charge is 2.13. The summed E-state index contributed by atoms with van der Waals surface area (Å²) in [7, 11) is 2.18. The van der Waals surface area contributed by atoms with Crippen LogP contribution in [0, 0.1) is 3.57 Å². The molecular formula is C14H21IN2O. The molecule has 0 spiro atoms. The van der Waals surface area contributed by atoms with Crippen LogP contribution in [0.3, 0.4) is 0 Å². The number of piperazine rings is 1. The number of aryl methyl sites for hydroxylation is 1. The Hall–Kier alpha value is -0.330. The number of aromatic hydroxyl groups is 1. The minimum Gasteiger partial charge on any atom is -0.508 e. The van der Waals surface area contributed by atoms with E-state index in [9.17, 15) is 5.11 Å². The van der Waals surface area contributed by atoms with E-state index in [2.05, 4.69) is 45.5 Å². The van der Waals surface area contributed by atoms with Crippen molar-refractivity contribution in [1.82, 2.24) is 9.80 Å². The Morgan fingerprint density at radius 1 is 1.22 bits per heavy atom. The first-order chi connectivity index (χ1) is 8.65. The summed E-state index contributed by atoms with van der Waals surface area (Å²) in [5, 5.41) is 9.78. The Labute approximate surface area is 123 Å². The number of hydrogen-bond donors (Lipinski definition) is 1. The Bertz CT molecular complexity index is 389. The molecule has 1 N–H and O–H groups in total. The second kappa shape index (κ2) is 6.73. The summed E-state index contributed by atoms with van der Waals surface area (Å²) in [6, 6.07) is 5.83. The van der Waals surface area contributed by atoms with Gasteiger partial charge in [-0.25, -0.2) is 0 Å². The number of halogens is 1. The summed E-state index contributed by atoms with van der Waals surface area (Å²) in [5.74, 6) is 0.439. The minimum atomic E-state index is 0.439. The standard InChI is InChI=1S/C14H21IN2O/c1-16-7-9-17(10-8-16)6-2-3-12-11-13(15)4-5-14(12)18/h4-5,11,18H,2-3,6-10H2,1H3. The van der Waals surface area contributed by atoms with Crippen LogP contribution in [-0.2, 0) is 6.42 Å². The fraction of sp³-hybridized carbons (Fsp3) is 0.571. The van der Waals surface area contributed by atoms with E-state index in [-0.39, 0.29) is 0 Å². The van der Waals surface area contributed by atoms with Crippen molar-refractivity contribution in [3.05, 3.63) is 27.3 Å². The van der Waals surface area contributed by atoms with Crippen LogP contribution in [0.4, 0.5) is 0 Å². The Morgan fingerprint density at radius 3 is 2.67 bits per heavy atom. The number of benzene rings is 1. The van der Waals surface area contributed by atoms with Crippen LogP contribution < -0.4 is 0 Å². The van der Waals surface area contributed by atoms with Gasteiger partial charge in [0.1, 0.15) is 5.75 Å². The second-order valence-electron chi connectivity index (χ2n) is 5.02. The maximum atomic E-state index is 9.78. The van der Waals surface area contributed by atoms with Crippen LogP contribution in [0.15, 0.2) is 18.2 Å². The van der Waals surface area contributed by atoms with Crippen LogP contribution in [0.5, 0.6) is 5.75 Å². The summed E-state index contributed by atoms with van der Waals surface area (Å²) in [6.45, 7) is 5.84. The first kappa shape index (κ1) is 14.1. The lowest BCUT2D eigenvalue weighted by molar-refractivity contribution is 0.153. The monoisotopic (exact) mass is 360 g/mol. The number of phenolic OH excluding ortho intramolecular Hbond substituents is 1. The van der Waals surface area contributed by atoms with Gasteiger partial charge in [-0.1, -0.05) is 0 Å². The molecule has 4 heteroatoms. The van der Waals surface area contributed by atoms with Crippen molar-refractivity contribution >= 4 is 22.6 Å². The third-order valence-corrected chi connectivity index (χ3v) is 4.23. The largest absolute Gasteiger partial charge is 0.508 e. The Kier molecular flexibility index (Phi) is 5.26. The zero-order valence-electron chi connectivity index (χ0n) is 10.9. The molecule has 1 aliphatic heterocycles. The maximum Gasteiger partial charge on any atom is 0.118 e. The van der Waals surface area contributed by atoms with Crippen molar-refractivity contribution in [1.29, 1.82) is 0 Å². The number of phenols is 1. The molecule has 1 aliphatic rings. The first-order valence-electron chi connectivity index (χ1n) is 6.53. The highest BCUT2D eigenvalue weighted by atomic mass is 127. The van der Waals surface area contributed by atoms with Crippen molar-refractivity contribution in [2.45, 2.75) is 12.8 Å². The SMILES string of the molecule is CN1CCN(CCCc2cc(I)ccc2O)CC1. The molecule has 1 aromatic rings. The topological polar surface area (TPSA) is 26.7 Å². The lowest BCUT2D eigenvalue weighted by atomic mass is 10.1. The number of rotatable bonds is 4. The molecule has 100 valence electrons. The smallest absolute Gasteiger partial charge is 0.118 e. The van der Waals surface area contributed by atoms with Crippen molar-refractivity contribution in [3.8, 4) is 5.75 Å². The van der Waals surface area contributed by atoms with Gasteiger partial charge in [0.2, 0.25) is 0 Å². The van der Waals surface area contributed by atoms with E-state index >= 15 is 0 Å². The van der Waals surface area contributed by atoms with Gasteiger partial charge in [0.05, 0.1) is 0 Å². The number of nitrogens with zero attached hydrogens (tertiary/aromatic N) is 2. The van der Waals surface area contributed by atoms with Gasteiger partial charge in [-0.3, -0.25) is 0 Å². The molecule has 3 nitrogen and oxygen atoms in total. The molecule has 0 amide bonds. The van der Waals surface area contributed by atoms with Crippen LogP contribution in [-0.4, -0.2) is 54.7 Å². The maximum absolute atomic E-state index is 9.78. The lowest BCUT2D eigenvalue weighted by Crippen LogP contribution is -2.44. The van der Waals surface area contributed by atoms with E-state index in [4.69, 9.17) is 0 Å². The highest BCUT2D eigenvalue weighted by Crippen LogP contribution is 2.21. The molecular weight excluding hydrogens is 339 g/mol. The second-order valence-corrected chi connectivity index (χ2v) is 6.27. The molecule has 1 aromatic carbocycles. The van der Waals surface area contributed by atoms with E-state index in [1.807, 2.05) is 6.07 Å². The highest BCUT2D eigenvalue weighted by molar-refractivity contribution is 14.1. The lowest BCUT2D eigenvalue weighted by Gasteiger charge is -2.32. The summed E-state index contributed by atoms with van der Waals surface area (Å²) in [6.07, 6.45) is 2.09. The van der Waals surface area contributed by atoms with Crippen molar-refractivity contribution in [2.75, 3.05) is 39.8 Å². The average molecular weight is 360 g/mol. The third-order valence-electron chi connectivity index (χ3n) is 3.56. The van der Waals surface area contributed by atoms with Gasteiger partial charge < -0.3 is 14.9 Å². The summed E-state index contributed by atoms with van der Waals surface area (Å²) in [4.78, 5) is 4.90. The molecule has 0 radical (unpaired) electrons. The van der Waals surface area contributed by atoms with E-state index in [1.165, 1.54) is 29.7 Å². The molecule has 1 saturated heterocycles. The molecule has 0 aromatic heterocycles. The molecule has 18 heavy (non-hydrogen) atoms. The summed E-state index contributed by atoms with van der Waals surface area (Å²) < 4.78 is 1.19. The minimum absolute atomic E-state index is 0.439. The number of likely N-dealkylation sites (N-methyl/N-ethyl adjacent to an activating group) is 1. The van der Waals surface area contributed by atoms with Gasteiger partial charge in [0.25, 0.3) is 0 Å². The van der Waals surface area contributed by atoms with E-state index in [1.54, 1.807) is 6.07 Å². The molecule has 0 bridgehead atoms. The molecule has 0 atom stereocenters. The zero-order chi connectivity index (χ0) is 13.0. The first-order valence-corrected chi connectivity index (χ1v) is 7.61. The van der Waals surface area contributed by atoms with E-state index in [0.29, 0.717) is 5.75 Å². The fourth-order valence-corrected chi connectivity index (χ4v) is 2.87. The summed E-state index contributed by atoms with van der Waals surface area (Å²) in [5.41, 5.74) is 1.08. The van der Waals surface area contributed by atoms with Gasteiger partial charge in [-0.2, -0.15) is 0 Å². The summed E-state index contributed by atoms with van der Waals surface area (Å²) >= 11 is 2.29. The van der Waals surface area contributed by atoms with Crippen molar-refractivity contribution in [3.63, 3.8) is 0 Å². The molecule has 2 rings (SSSR count). The van der Waals surface area contributed by atoms with Crippen LogP contribution in [0.2, 0.25) is 0 Å². The van der Waals surface area contributed by atoms with Gasteiger partial charge in [0, 0.05) is 29.7 Å². The van der Waals surface area contributed by atoms with Crippen molar-refractivity contribution in [2.24, 2.45) is 0 Å². The zero-order valence-corrected chi connectivity index (χ0v) is 13.1. The normalized spacial score (nSPS) is 18.1. The van der Waals surface area contributed by atoms with Crippen LogP contribution >= 0.6 is 22.6 Å². The predicted molar refractivity (Wildman–Crippen MR) is 83.1 cm³/mol. The molecule has 0 saturated carbocycles. The van der Waals surface area contributed by atoms with Gasteiger partial charge >= 0.3 is 0 Å². The quantitative estimate of drug-likeness (QED) is 0.834. The molecule has 0 aliphatic carbocycles. The third kappa shape index (κ3) is 4.10. The molecule has 1 fully saturated rings.